The van der Waals surface area contributed by atoms with E-state index in [0.29, 0.717) is 35.0 Å². The topological polar surface area (TPSA) is 78.3 Å². The summed E-state index contributed by atoms with van der Waals surface area (Å²) in [6.07, 6.45) is 0.751. The van der Waals surface area contributed by atoms with Crippen molar-refractivity contribution in [1.29, 1.82) is 0 Å². The van der Waals surface area contributed by atoms with Gasteiger partial charge in [-0.2, -0.15) is 5.10 Å². The molecule has 0 aliphatic heterocycles. The molecule has 0 aliphatic carbocycles. The van der Waals surface area contributed by atoms with Crippen LogP contribution < -0.4 is 5.56 Å². The van der Waals surface area contributed by atoms with Crippen molar-refractivity contribution in [2.24, 2.45) is 5.92 Å². The van der Waals surface area contributed by atoms with Crippen LogP contribution in [0.1, 0.15) is 46.8 Å². The lowest BCUT2D eigenvalue weighted by Crippen LogP contribution is -2.28. The molecule has 1 aromatic carbocycles. The van der Waals surface area contributed by atoms with Gasteiger partial charge in [0, 0.05) is 18.4 Å². The van der Waals surface area contributed by atoms with Crippen molar-refractivity contribution >= 4 is 33.9 Å². The lowest BCUT2D eigenvalue weighted by molar-refractivity contribution is 0.0486. The van der Waals surface area contributed by atoms with E-state index in [0.717, 1.165) is 0 Å². The van der Waals surface area contributed by atoms with Crippen LogP contribution in [-0.2, 0) is 11.3 Å². The molecule has 146 valence electrons. The Bertz CT molecular complexity index is 1040. The van der Waals surface area contributed by atoms with Gasteiger partial charge in [-0.15, -0.1) is 11.3 Å². The van der Waals surface area contributed by atoms with Gasteiger partial charge in [0.15, 0.2) is 11.5 Å². The van der Waals surface area contributed by atoms with Gasteiger partial charge in [-0.25, -0.2) is 9.48 Å². The summed E-state index contributed by atoms with van der Waals surface area (Å²) in [4.78, 5) is 37.9. The number of hydrogen-bond acceptors (Lipinski definition) is 6. The molecule has 0 atom stereocenters. The second-order valence-electron chi connectivity index (χ2n) is 6.92. The quantitative estimate of drug-likeness (QED) is 0.326. The van der Waals surface area contributed by atoms with Gasteiger partial charge >= 0.3 is 5.97 Å². The molecule has 0 amide bonds. The fourth-order valence-corrected chi connectivity index (χ4v) is 3.58. The van der Waals surface area contributed by atoms with Crippen molar-refractivity contribution in [3.8, 4) is 0 Å². The third-order valence-corrected chi connectivity index (χ3v) is 5.09. The molecule has 7 heteroatoms. The van der Waals surface area contributed by atoms with Crippen LogP contribution in [0.2, 0.25) is 0 Å². The van der Waals surface area contributed by atoms with Gasteiger partial charge in [-0.3, -0.25) is 9.59 Å². The van der Waals surface area contributed by atoms with Crippen LogP contribution in [0.15, 0.2) is 46.6 Å². The molecule has 0 saturated heterocycles. The van der Waals surface area contributed by atoms with Gasteiger partial charge in [-0.1, -0.05) is 38.1 Å². The smallest absolute Gasteiger partial charge is 0.359 e. The minimum Gasteiger partial charge on any atom is -0.461 e. The molecule has 0 N–H and O–H groups in total. The molecule has 0 aliphatic rings. The summed E-state index contributed by atoms with van der Waals surface area (Å²) in [5.74, 6) is -0.337. The van der Waals surface area contributed by atoms with Gasteiger partial charge in [0.05, 0.1) is 16.9 Å². The molecular formula is C21H22N2O4S. The molecule has 0 saturated carbocycles. The molecule has 0 unspecified atom stereocenters. The summed E-state index contributed by atoms with van der Waals surface area (Å²) >= 11 is 1.40. The average molecular weight is 398 g/mol. The van der Waals surface area contributed by atoms with E-state index in [1.165, 1.54) is 16.0 Å². The second kappa shape index (κ2) is 8.93. The average Bonchev–Trinajstić information content (AvgIpc) is 3.22. The third-order valence-electron chi connectivity index (χ3n) is 4.18. The van der Waals surface area contributed by atoms with Crippen molar-refractivity contribution in [1.82, 2.24) is 9.78 Å². The van der Waals surface area contributed by atoms with Crippen molar-refractivity contribution in [2.45, 2.75) is 33.2 Å². The van der Waals surface area contributed by atoms with Gasteiger partial charge in [0.1, 0.15) is 0 Å². The monoisotopic (exact) mass is 398 g/mol. The number of rotatable bonds is 8. The Balaban J connectivity index is 1.73. The number of ether oxygens (including phenoxy) is 1. The molecular weight excluding hydrogens is 376 g/mol. The van der Waals surface area contributed by atoms with Crippen molar-refractivity contribution in [2.75, 3.05) is 6.61 Å². The fraction of sp³-hybridized carbons (Fsp3) is 0.333. The Morgan fingerprint density at radius 3 is 2.57 bits per heavy atom. The molecule has 0 spiro atoms. The van der Waals surface area contributed by atoms with Crippen LogP contribution in [0.3, 0.4) is 0 Å². The van der Waals surface area contributed by atoms with E-state index in [2.05, 4.69) is 5.10 Å². The number of aromatic nitrogens is 2. The van der Waals surface area contributed by atoms with E-state index < -0.39 is 5.97 Å². The maximum absolute atomic E-state index is 12.6. The number of carbonyl (C=O) groups excluding carboxylic acids is 2. The Labute approximate surface area is 166 Å². The predicted octanol–water partition coefficient (Wildman–Crippen LogP) is 3.93. The van der Waals surface area contributed by atoms with Crippen LogP contribution in [0.5, 0.6) is 0 Å². The third kappa shape index (κ3) is 4.54. The first-order chi connectivity index (χ1) is 13.5. The number of thiophene rings is 1. The van der Waals surface area contributed by atoms with E-state index in [1.807, 2.05) is 25.3 Å². The van der Waals surface area contributed by atoms with Crippen LogP contribution in [0, 0.1) is 5.92 Å². The Morgan fingerprint density at radius 2 is 1.89 bits per heavy atom. The maximum atomic E-state index is 12.6. The fourth-order valence-electron chi connectivity index (χ4n) is 2.88. The predicted molar refractivity (Wildman–Crippen MR) is 109 cm³/mol. The van der Waals surface area contributed by atoms with Crippen LogP contribution in [0.4, 0.5) is 0 Å². The number of carbonyl (C=O) groups is 2. The minimum absolute atomic E-state index is 0.0418. The summed E-state index contributed by atoms with van der Waals surface area (Å²) in [7, 11) is 0. The number of fused-ring (bicyclic) bond motifs is 1. The number of ketones is 1. The minimum atomic E-state index is -0.586. The first-order valence-corrected chi connectivity index (χ1v) is 10.1. The SMILES string of the molecule is CC(C)Cn1nc(C(=O)OCCCC(=O)c2cccs2)c2ccccc2c1=O. The number of Topliss-reactive ketones (excluding diaryl/α,β-unsaturated/α-hetero) is 1. The molecule has 0 bridgehead atoms. The Kier molecular flexibility index (Phi) is 6.36. The zero-order chi connectivity index (χ0) is 20.1. The molecule has 0 fully saturated rings. The lowest BCUT2D eigenvalue weighted by Gasteiger charge is -2.12. The van der Waals surface area contributed by atoms with Crippen LogP contribution in [0.25, 0.3) is 10.8 Å². The zero-order valence-electron chi connectivity index (χ0n) is 15.9. The highest BCUT2D eigenvalue weighted by Gasteiger charge is 2.18. The highest BCUT2D eigenvalue weighted by Crippen LogP contribution is 2.16. The lowest BCUT2D eigenvalue weighted by atomic mass is 10.1. The number of nitrogens with zero attached hydrogens (tertiary/aromatic N) is 2. The summed E-state index contributed by atoms with van der Waals surface area (Å²) in [5.41, 5.74) is -0.0946. The summed E-state index contributed by atoms with van der Waals surface area (Å²) < 4.78 is 6.66. The second-order valence-corrected chi connectivity index (χ2v) is 7.86. The standard InChI is InChI=1S/C21H22N2O4S/c1-14(2)13-23-20(25)16-8-4-3-7-15(16)19(22-23)21(26)27-11-5-9-17(24)18-10-6-12-28-18/h3-4,6-8,10,12,14H,5,9,11,13H2,1-2H3. The number of esters is 1. The normalized spacial score (nSPS) is 11.1. The van der Waals surface area contributed by atoms with E-state index >= 15 is 0 Å². The molecule has 3 rings (SSSR count). The molecule has 6 nitrogen and oxygen atoms in total. The molecule has 3 aromatic rings. The highest BCUT2D eigenvalue weighted by atomic mass is 32.1. The molecule has 28 heavy (non-hydrogen) atoms. The van der Waals surface area contributed by atoms with Crippen molar-refractivity contribution in [3.05, 3.63) is 62.7 Å². The summed E-state index contributed by atoms with van der Waals surface area (Å²) in [6.45, 7) is 4.49. The number of benzene rings is 1. The summed E-state index contributed by atoms with van der Waals surface area (Å²) in [6, 6.07) is 10.5. The van der Waals surface area contributed by atoms with Gasteiger partial charge in [0.2, 0.25) is 0 Å². The van der Waals surface area contributed by atoms with E-state index in [9.17, 15) is 14.4 Å². The first kappa shape index (κ1) is 19.9. The Hall–Kier alpha value is -2.80. The van der Waals surface area contributed by atoms with E-state index in [-0.39, 0.29) is 29.6 Å². The Morgan fingerprint density at radius 1 is 1.14 bits per heavy atom. The molecule has 2 heterocycles. The summed E-state index contributed by atoms with van der Waals surface area (Å²) in [5, 5.41) is 7.04. The highest BCUT2D eigenvalue weighted by molar-refractivity contribution is 7.12. The van der Waals surface area contributed by atoms with Crippen molar-refractivity contribution < 1.29 is 14.3 Å². The van der Waals surface area contributed by atoms with Gasteiger partial charge in [-0.05, 0) is 29.9 Å². The van der Waals surface area contributed by atoms with Crippen LogP contribution >= 0.6 is 11.3 Å². The molecule has 2 aromatic heterocycles. The largest absolute Gasteiger partial charge is 0.461 e. The van der Waals surface area contributed by atoms with Crippen LogP contribution in [-0.4, -0.2) is 28.1 Å². The van der Waals surface area contributed by atoms with Crippen molar-refractivity contribution in [3.63, 3.8) is 0 Å². The molecule has 0 radical (unpaired) electrons. The maximum Gasteiger partial charge on any atom is 0.359 e. The van der Waals surface area contributed by atoms with E-state index in [1.54, 1.807) is 30.3 Å². The van der Waals surface area contributed by atoms with Gasteiger partial charge in [0.25, 0.3) is 5.56 Å². The van der Waals surface area contributed by atoms with Gasteiger partial charge < -0.3 is 4.74 Å². The van der Waals surface area contributed by atoms with E-state index in [4.69, 9.17) is 4.74 Å². The zero-order valence-corrected chi connectivity index (χ0v) is 16.7. The number of hydrogen-bond donors (Lipinski definition) is 0. The first-order valence-electron chi connectivity index (χ1n) is 9.21.